The van der Waals surface area contributed by atoms with E-state index in [1.165, 1.54) is 19.2 Å². The van der Waals surface area contributed by atoms with Crippen LogP contribution < -0.4 is 15.0 Å². The number of carbonyl (C=O) groups excluding carboxylic acids is 1. The smallest absolute Gasteiger partial charge is 0.416 e. The fourth-order valence-electron chi connectivity index (χ4n) is 2.60. The van der Waals surface area contributed by atoms with Gasteiger partial charge in [0.1, 0.15) is 5.82 Å². The highest BCUT2D eigenvalue weighted by Crippen LogP contribution is 2.31. The Labute approximate surface area is 146 Å². The van der Waals surface area contributed by atoms with Crippen LogP contribution in [0.1, 0.15) is 15.9 Å². The average molecular weight is 369 g/mol. The van der Waals surface area contributed by atoms with Gasteiger partial charge >= 0.3 is 6.18 Å². The maximum absolute atomic E-state index is 13.6. The molecule has 1 aliphatic heterocycles. The minimum Gasteiger partial charge on any atom is -0.494 e. The van der Waals surface area contributed by atoms with Crippen LogP contribution in [0, 0.1) is 5.82 Å². The summed E-state index contributed by atoms with van der Waals surface area (Å²) in [6.07, 6.45) is -3.33. The standard InChI is InChI=1S/C17H15F4N3O2/c1-26-14-3-2-10(6-13(14)18)16(25)23-12-8-24(9-12)15-7-11(4-5-22-15)17(19,20)21/h2-7,12H,8-9H2,1H3,(H,23,25). The van der Waals surface area contributed by atoms with Gasteiger partial charge < -0.3 is 15.0 Å². The number of aromatic nitrogens is 1. The summed E-state index contributed by atoms with van der Waals surface area (Å²) >= 11 is 0. The van der Waals surface area contributed by atoms with Crippen molar-refractivity contribution in [3.63, 3.8) is 0 Å². The number of ether oxygens (including phenoxy) is 1. The summed E-state index contributed by atoms with van der Waals surface area (Å²) in [5, 5.41) is 2.70. The van der Waals surface area contributed by atoms with Gasteiger partial charge in [0.15, 0.2) is 11.6 Å². The van der Waals surface area contributed by atoms with Gasteiger partial charge in [-0.2, -0.15) is 13.2 Å². The summed E-state index contributed by atoms with van der Waals surface area (Å²) in [4.78, 5) is 17.7. The van der Waals surface area contributed by atoms with Crippen LogP contribution >= 0.6 is 0 Å². The largest absolute Gasteiger partial charge is 0.494 e. The third kappa shape index (κ3) is 3.71. The number of hydrogen-bond donors (Lipinski definition) is 1. The molecule has 138 valence electrons. The Hall–Kier alpha value is -2.84. The van der Waals surface area contributed by atoms with Crippen molar-refractivity contribution in [2.24, 2.45) is 0 Å². The average Bonchev–Trinajstić information content (AvgIpc) is 2.56. The second-order valence-electron chi connectivity index (χ2n) is 5.83. The van der Waals surface area contributed by atoms with Gasteiger partial charge in [0.2, 0.25) is 0 Å². The molecular formula is C17H15F4N3O2. The molecule has 0 unspecified atom stereocenters. The van der Waals surface area contributed by atoms with E-state index in [-0.39, 0.29) is 23.2 Å². The summed E-state index contributed by atoms with van der Waals surface area (Å²) in [7, 11) is 1.32. The third-order valence-electron chi connectivity index (χ3n) is 4.03. The van der Waals surface area contributed by atoms with Crippen LogP contribution in [0.15, 0.2) is 36.5 Å². The molecule has 26 heavy (non-hydrogen) atoms. The van der Waals surface area contributed by atoms with E-state index in [0.29, 0.717) is 13.1 Å². The van der Waals surface area contributed by atoms with Crippen LogP contribution in [0.25, 0.3) is 0 Å². The summed E-state index contributed by atoms with van der Waals surface area (Å²) in [6.45, 7) is 0.636. The minimum absolute atomic E-state index is 0.0343. The number of benzene rings is 1. The molecule has 5 nitrogen and oxygen atoms in total. The van der Waals surface area contributed by atoms with E-state index >= 15 is 0 Å². The molecule has 0 spiro atoms. The molecule has 0 saturated carbocycles. The Balaban J connectivity index is 1.59. The first-order valence-corrected chi connectivity index (χ1v) is 7.70. The maximum Gasteiger partial charge on any atom is 0.416 e. The van der Waals surface area contributed by atoms with Crippen LogP contribution in [-0.4, -0.2) is 37.1 Å². The number of halogens is 4. The fraction of sp³-hybridized carbons (Fsp3) is 0.294. The summed E-state index contributed by atoms with van der Waals surface area (Å²) in [5.41, 5.74) is -0.636. The maximum atomic E-state index is 13.6. The van der Waals surface area contributed by atoms with Crippen LogP contribution in [0.2, 0.25) is 0 Å². The topological polar surface area (TPSA) is 54.5 Å². The molecule has 2 heterocycles. The number of alkyl halides is 3. The van der Waals surface area contributed by atoms with E-state index in [0.717, 1.165) is 24.4 Å². The molecule has 1 aromatic heterocycles. The number of nitrogens with zero attached hydrogens (tertiary/aromatic N) is 2. The SMILES string of the molecule is COc1ccc(C(=O)NC2CN(c3cc(C(F)(F)F)ccn3)C2)cc1F. The Morgan fingerprint density at radius 1 is 1.27 bits per heavy atom. The number of methoxy groups -OCH3 is 1. The lowest BCUT2D eigenvalue weighted by Crippen LogP contribution is -2.59. The van der Waals surface area contributed by atoms with Crippen LogP contribution in [0.3, 0.4) is 0 Å². The molecule has 9 heteroatoms. The lowest BCUT2D eigenvalue weighted by molar-refractivity contribution is -0.137. The highest BCUT2D eigenvalue weighted by molar-refractivity contribution is 5.94. The second-order valence-corrected chi connectivity index (χ2v) is 5.83. The Kier molecular flexibility index (Phi) is 4.71. The zero-order chi connectivity index (χ0) is 18.9. The predicted octanol–water partition coefficient (Wildman–Crippen LogP) is 2.87. The van der Waals surface area contributed by atoms with Gasteiger partial charge in [-0.25, -0.2) is 9.37 Å². The van der Waals surface area contributed by atoms with Gasteiger partial charge in [-0.05, 0) is 30.3 Å². The van der Waals surface area contributed by atoms with Crippen molar-refractivity contribution in [3.8, 4) is 5.75 Å². The number of nitrogens with one attached hydrogen (secondary N) is 1. The first-order chi connectivity index (χ1) is 12.3. The van der Waals surface area contributed by atoms with Crippen LogP contribution in [0.4, 0.5) is 23.4 Å². The molecule has 0 radical (unpaired) electrons. The molecule has 3 rings (SSSR count). The molecule has 0 atom stereocenters. The quantitative estimate of drug-likeness (QED) is 0.843. The molecule has 1 aliphatic rings. The summed E-state index contributed by atoms with van der Waals surface area (Å²) in [5.74, 6) is -0.885. The van der Waals surface area contributed by atoms with E-state index in [2.05, 4.69) is 10.3 Å². The number of amides is 1. The van der Waals surface area contributed by atoms with Gasteiger partial charge in [-0.3, -0.25) is 4.79 Å². The predicted molar refractivity (Wildman–Crippen MR) is 85.7 cm³/mol. The minimum atomic E-state index is -4.44. The normalized spacial score (nSPS) is 14.7. The van der Waals surface area contributed by atoms with Crippen LogP contribution in [-0.2, 0) is 6.18 Å². The van der Waals surface area contributed by atoms with Crippen molar-refractivity contribution in [2.75, 3.05) is 25.1 Å². The van der Waals surface area contributed by atoms with Gasteiger partial charge in [0.25, 0.3) is 5.91 Å². The lowest BCUT2D eigenvalue weighted by Gasteiger charge is -2.40. The van der Waals surface area contributed by atoms with Crippen molar-refractivity contribution in [3.05, 3.63) is 53.5 Å². The van der Waals surface area contributed by atoms with E-state index in [1.54, 1.807) is 4.90 Å². The second kappa shape index (κ2) is 6.81. The first-order valence-electron chi connectivity index (χ1n) is 7.70. The van der Waals surface area contributed by atoms with E-state index in [1.807, 2.05) is 0 Å². The van der Waals surface area contributed by atoms with Gasteiger partial charge in [0.05, 0.1) is 18.7 Å². The van der Waals surface area contributed by atoms with E-state index < -0.39 is 23.5 Å². The Morgan fingerprint density at radius 2 is 2.00 bits per heavy atom. The third-order valence-corrected chi connectivity index (χ3v) is 4.03. The number of rotatable bonds is 4. The summed E-state index contributed by atoms with van der Waals surface area (Å²) < 4.78 is 56.6. The zero-order valence-corrected chi connectivity index (χ0v) is 13.7. The fourth-order valence-corrected chi connectivity index (χ4v) is 2.60. The molecule has 1 aromatic carbocycles. The number of carbonyl (C=O) groups is 1. The number of hydrogen-bond acceptors (Lipinski definition) is 4. The van der Waals surface area contributed by atoms with Crippen LogP contribution in [0.5, 0.6) is 5.75 Å². The molecule has 1 amide bonds. The van der Waals surface area contributed by atoms with Gasteiger partial charge in [-0.15, -0.1) is 0 Å². The molecule has 1 N–H and O–H groups in total. The van der Waals surface area contributed by atoms with Crippen molar-refractivity contribution >= 4 is 11.7 Å². The zero-order valence-electron chi connectivity index (χ0n) is 13.7. The van der Waals surface area contributed by atoms with Gasteiger partial charge in [-0.1, -0.05) is 0 Å². The van der Waals surface area contributed by atoms with E-state index in [9.17, 15) is 22.4 Å². The number of pyridine rings is 1. The highest BCUT2D eigenvalue weighted by Gasteiger charge is 2.34. The van der Waals surface area contributed by atoms with Crippen molar-refractivity contribution in [1.82, 2.24) is 10.3 Å². The Bertz CT molecular complexity index is 820. The Morgan fingerprint density at radius 3 is 2.62 bits per heavy atom. The summed E-state index contributed by atoms with van der Waals surface area (Å²) in [6, 6.07) is 5.46. The lowest BCUT2D eigenvalue weighted by atomic mass is 10.1. The molecule has 0 bridgehead atoms. The first kappa shape index (κ1) is 18.0. The van der Waals surface area contributed by atoms with Crippen molar-refractivity contribution < 1.29 is 27.1 Å². The van der Waals surface area contributed by atoms with Crippen molar-refractivity contribution in [2.45, 2.75) is 12.2 Å². The molecular weight excluding hydrogens is 354 g/mol. The number of anilines is 1. The highest BCUT2D eigenvalue weighted by atomic mass is 19.4. The van der Waals surface area contributed by atoms with Gasteiger partial charge in [0, 0.05) is 24.8 Å². The molecule has 1 fully saturated rings. The molecule has 0 aliphatic carbocycles. The van der Waals surface area contributed by atoms with Crippen molar-refractivity contribution in [1.29, 1.82) is 0 Å². The van der Waals surface area contributed by atoms with E-state index in [4.69, 9.17) is 4.74 Å². The molecule has 1 saturated heterocycles. The molecule has 2 aromatic rings. The monoisotopic (exact) mass is 369 g/mol.